The van der Waals surface area contributed by atoms with Gasteiger partial charge in [-0.3, -0.25) is 9.78 Å². The number of fused-ring (bicyclic) bond motifs is 1. The largest absolute Gasteiger partial charge is 0.350 e. The molecule has 1 N–H and O–H groups in total. The maximum atomic E-state index is 11.7. The average molecular weight is 282 g/mol. The number of carbonyl (C=O) groups excluding carboxylic acids is 1. The molecule has 0 saturated carbocycles. The first-order valence-electron chi connectivity index (χ1n) is 7.66. The zero-order valence-corrected chi connectivity index (χ0v) is 12.9. The molecule has 3 nitrogen and oxygen atoms in total. The molecule has 0 radical (unpaired) electrons. The van der Waals surface area contributed by atoms with Gasteiger partial charge in [0.1, 0.15) is 0 Å². The zero-order chi connectivity index (χ0) is 15.0. The zero-order valence-electron chi connectivity index (χ0n) is 12.9. The number of nitrogens with one attached hydrogen (secondary N) is 1. The Morgan fingerprint density at radius 1 is 1.29 bits per heavy atom. The Kier molecular flexibility index (Phi) is 3.44. The molecular formula is C18H22N2O. The Morgan fingerprint density at radius 3 is 2.76 bits per heavy atom. The van der Waals surface area contributed by atoms with E-state index in [4.69, 9.17) is 0 Å². The fourth-order valence-corrected chi connectivity index (χ4v) is 3.26. The molecule has 0 bridgehead atoms. The summed E-state index contributed by atoms with van der Waals surface area (Å²) in [4.78, 5) is 16.2. The molecule has 1 aliphatic heterocycles. The number of nitrogens with zero attached hydrogens (tertiary/aromatic N) is 1. The van der Waals surface area contributed by atoms with E-state index in [1.54, 1.807) is 0 Å². The molecule has 1 aromatic carbocycles. The summed E-state index contributed by atoms with van der Waals surface area (Å²) in [5, 5.41) is 4.39. The van der Waals surface area contributed by atoms with Crippen LogP contribution in [0.4, 0.5) is 0 Å². The number of amides is 1. The third-order valence-corrected chi connectivity index (χ3v) is 4.70. The van der Waals surface area contributed by atoms with Gasteiger partial charge in [-0.2, -0.15) is 0 Å². The van der Waals surface area contributed by atoms with Crippen molar-refractivity contribution in [3.05, 3.63) is 41.6 Å². The van der Waals surface area contributed by atoms with E-state index in [2.05, 4.69) is 48.4 Å². The SMILES string of the molecule is Cc1ccc2cc(CC3(C(C)C)CCC(=O)N3)ccc2n1. The second-order valence-corrected chi connectivity index (χ2v) is 6.52. The lowest BCUT2D eigenvalue weighted by Crippen LogP contribution is -2.48. The van der Waals surface area contributed by atoms with Crippen LogP contribution >= 0.6 is 0 Å². The van der Waals surface area contributed by atoms with Crippen molar-refractivity contribution in [1.29, 1.82) is 0 Å². The van der Waals surface area contributed by atoms with Gasteiger partial charge >= 0.3 is 0 Å². The molecule has 1 amide bonds. The van der Waals surface area contributed by atoms with Crippen LogP contribution < -0.4 is 5.32 Å². The van der Waals surface area contributed by atoms with Gasteiger partial charge in [0.2, 0.25) is 5.91 Å². The monoisotopic (exact) mass is 282 g/mol. The Morgan fingerprint density at radius 2 is 2.10 bits per heavy atom. The van der Waals surface area contributed by atoms with Crippen molar-refractivity contribution < 1.29 is 4.79 Å². The number of hydrogen-bond acceptors (Lipinski definition) is 2. The van der Waals surface area contributed by atoms with Crippen LogP contribution in [0.5, 0.6) is 0 Å². The minimum Gasteiger partial charge on any atom is -0.350 e. The maximum Gasteiger partial charge on any atom is 0.220 e. The van der Waals surface area contributed by atoms with Gasteiger partial charge in [0.15, 0.2) is 0 Å². The van der Waals surface area contributed by atoms with E-state index in [0.717, 1.165) is 24.1 Å². The van der Waals surface area contributed by atoms with Gasteiger partial charge in [0, 0.05) is 23.0 Å². The summed E-state index contributed by atoms with van der Waals surface area (Å²) in [7, 11) is 0. The Bertz CT molecular complexity index is 693. The Labute approximate surface area is 125 Å². The normalized spacial score (nSPS) is 22.0. The predicted octanol–water partition coefficient (Wildman–Crippen LogP) is 3.39. The highest BCUT2D eigenvalue weighted by atomic mass is 16.2. The smallest absolute Gasteiger partial charge is 0.220 e. The van der Waals surface area contributed by atoms with Crippen molar-refractivity contribution in [3.8, 4) is 0 Å². The molecule has 1 aliphatic rings. The van der Waals surface area contributed by atoms with Crippen LogP contribution in [0, 0.1) is 12.8 Å². The first kappa shape index (κ1) is 14.1. The van der Waals surface area contributed by atoms with Crippen molar-refractivity contribution in [2.24, 2.45) is 5.92 Å². The van der Waals surface area contributed by atoms with E-state index < -0.39 is 0 Å². The Balaban J connectivity index is 1.93. The number of carbonyl (C=O) groups is 1. The lowest BCUT2D eigenvalue weighted by atomic mass is 9.79. The first-order chi connectivity index (χ1) is 9.98. The summed E-state index contributed by atoms with van der Waals surface area (Å²) < 4.78 is 0. The second-order valence-electron chi connectivity index (χ2n) is 6.52. The quantitative estimate of drug-likeness (QED) is 0.937. The molecule has 110 valence electrons. The molecule has 3 heteroatoms. The predicted molar refractivity (Wildman–Crippen MR) is 85.1 cm³/mol. The summed E-state index contributed by atoms with van der Waals surface area (Å²) >= 11 is 0. The van der Waals surface area contributed by atoms with E-state index in [1.807, 2.05) is 13.0 Å². The molecule has 1 fully saturated rings. The summed E-state index contributed by atoms with van der Waals surface area (Å²) in [6.07, 6.45) is 2.46. The van der Waals surface area contributed by atoms with Crippen molar-refractivity contribution in [2.75, 3.05) is 0 Å². The third-order valence-electron chi connectivity index (χ3n) is 4.70. The second kappa shape index (κ2) is 5.14. The van der Waals surface area contributed by atoms with Crippen LogP contribution in [-0.4, -0.2) is 16.4 Å². The van der Waals surface area contributed by atoms with Gasteiger partial charge in [-0.1, -0.05) is 26.0 Å². The molecule has 0 spiro atoms. The fourth-order valence-electron chi connectivity index (χ4n) is 3.26. The molecule has 1 aromatic heterocycles. The van der Waals surface area contributed by atoms with Crippen molar-refractivity contribution in [3.63, 3.8) is 0 Å². The van der Waals surface area contributed by atoms with Crippen LogP contribution in [-0.2, 0) is 11.2 Å². The van der Waals surface area contributed by atoms with Crippen LogP contribution in [0.15, 0.2) is 30.3 Å². The lowest BCUT2D eigenvalue weighted by Gasteiger charge is -2.33. The number of hydrogen-bond donors (Lipinski definition) is 1. The minimum absolute atomic E-state index is 0.0944. The van der Waals surface area contributed by atoms with E-state index in [0.29, 0.717) is 12.3 Å². The highest BCUT2D eigenvalue weighted by Crippen LogP contribution is 2.32. The highest BCUT2D eigenvalue weighted by molar-refractivity contribution is 5.81. The molecule has 2 heterocycles. The summed E-state index contributed by atoms with van der Waals surface area (Å²) in [5.41, 5.74) is 3.25. The van der Waals surface area contributed by atoms with Gasteiger partial charge in [-0.05, 0) is 49.4 Å². The number of rotatable bonds is 3. The van der Waals surface area contributed by atoms with Gasteiger partial charge in [-0.15, -0.1) is 0 Å². The van der Waals surface area contributed by atoms with Crippen molar-refractivity contribution >= 4 is 16.8 Å². The number of aromatic nitrogens is 1. The highest BCUT2D eigenvalue weighted by Gasteiger charge is 2.40. The van der Waals surface area contributed by atoms with Crippen molar-refractivity contribution in [2.45, 2.75) is 45.6 Å². The minimum atomic E-state index is -0.0944. The van der Waals surface area contributed by atoms with Crippen LogP contribution in [0.2, 0.25) is 0 Å². The van der Waals surface area contributed by atoms with Crippen LogP contribution in [0.1, 0.15) is 37.9 Å². The van der Waals surface area contributed by atoms with E-state index >= 15 is 0 Å². The summed E-state index contributed by atoms with van der Waals surface area (Å²) in [6, 6.07) is 10.6. The summed E-state index contributed by atoms with van der Waals surface area (Å²) in [6.45, 7) is 6.39. The molecule has 0 aliphatic carbocycles. The van der Waals surface area contributed by atoms with Crippen LogP contribution in [0.25, 0.3) is 10.9 Å². The molecular weight excluding hydrogens is 260 g/mol. The first-order valence-corrected chi connectivity index (χ1v) is 7.66. The maximum absolute atomic E-state index is 11.7. The molecule has 3 rings (SSSR count). The third kappa shape index (κ3) is 2.65. The topological polar surface area (TPSA) is 42.0 Å². The lowest BCUT2D eigenvalue weighted by molar-refractivity contribution is -0.120. The summed E-state index contributed by atoms with van der Waals surface area (Å²) in [5.74, 6) is 0.609. The number of aryl methyl sites for hydroxylation is 1. The molecule has 21 heavy (non-hydrogen) atoms. The average Bonchev–Trinajstić information content (AvgIpc) is 2.81. The number of pyridine rings is 1. The van der Waals surface area contributed by atoms with Gasteiger partial charge in [0.25, 0.3) is 0 Å². The van der Waals surface area contributed by atoms with Gasteiger partial charge < -0.3 is 5.32 Å². The van der Waals surface area contributed by atoms with E-state index in [9.17, 15) is 4.79 Å². The van der Waals surface area contributed by atoms with Gasteiger partial charge in [0.05, 0.1) is 5.52 Å². The fraction of sp³-hybridized carbons (Fsp3) is 0.444. The standard InChI is InChI=1S/C18H22N2O/c1-12(2)18(9-8-17(21)20-18)11-14-5-7-16-15(10-14)6-4-13(3)19-16/h4-7,10,12H,8-9,11H2,1-3H3,(H,20,21). The van der Waals surface area contributed by atoms with Crippen LogP contribution in [0.3, 0.4) is 0 Å². The Hall–Kier alpha value is -1.90. The number of benzene rings is 1. The van der Waals surface area contributed by atoms with Crippen molar-refractivity contribution in [1.82, 2.24) is 10.3 Å². The molecule has 1 atom stereocenters. The van der Waals surface area contributed by atoms with E-state index in [1.165, 1.54) is 10.9 Å². The molecule has 1 saturated heterocycles. The van der Waals surface area contributed by atoms with E-state index in [-0.39, 0.29) is 11.4 Å². The van der Waals surface area contributed by atoms with Gasteiger partial charge in [-0.25, -0.2) is 0 Å². The molecule has 1 unspecified atom stereocenters. The molecule has 2 aromatic rings.